The van der Waals surface area contributed by atoms with E-state index in [0.717, 1.165) is 25.7 Å². The summed E-state index contributed by atoms with van der Waals surface area (Å²) in [6.07, 6.45) is 4.14. The maximum atomic E-state index is 10.9. The number of nitrogens with one attached hydrogen (secondary N) is 1. The van der Waals surface area contributed by atoms with E-state index in [1.54, 1.807) is 0 Å². The van der Waals surface area contributed by atoms with Crippen molar-refractivity contribution in [1.29, 1.82) is 0 Å². The van der Waals surface area contributed by atoms with Crippen LogP contribution in [0.15, 0.2) is 0 Å². The molecule has 1 amide bonds. The number of hydrogen-bond donors (Lipinski definition) is 2. The van der Waals surface area contributed by atoms with Gasteiger partial charge in [0, 0.05) is 13.0 Å². The van der Waals surface area contributed by atoms with Gasteiger partial charge in [-0.15, -0.1) is 12.4 Å². The number of hydrogen-bond acceptors (Lipinski definition) is 2. The minimum absolute atomic E-state index is 0. The Morgan fingerprint density at radius 3 is 2.35 bits per heavy atom. The third kappa shape index (κ3) is 11.5. The Morgan fingerprint density at radius 1 is 1.35 bits per heavy atom. The normalized spacial score (nSPS) is 13.4. The van der Waals surface area contributed by atoms with Gasteiger partial charge in [0.05, 0.1) is 6.42 Å². The first-order valence-corrected chi connectivity index (χ1v) is 5.94. The van der Waals surface area contributed by atoms with E-state index in [1.807, 2.05) is 0 Å². The molecule has 0 fully saturated rings. The van der Waals surface area contributed by atoms with Crippen molar-refractivity contribution in [1.82, 2.24) is 5.32 Å². The van der Waals surface area contributed by atoms with Crippen molar-refractivity contribution in [2.45, 2.75) is 58.9 Å². The number of carboxylic acids is 1. The monoisotopic (exact) mass is 265 g/mol. The molecule has 5 heteroatoms. The molecule has 4 nitrogen and oxygen atoms in total. The summed E-state index contributed by atoms with van der Waals surface area (Å²) >= 11 is 0. The van der Waals surface area contributed by atoms with E-state index < -0.39 is 5.97 Å². The molecule has 0 aliphatic rings. The second-order valence-corrected chi connectivity index (χ2v) is 4.48. The number of carboxylic acid groups (broad SMARTS) is 1. The van der Waals surface area contributed by atoms with E-state index in [0.29, 0.717) is 5.92 Å². The van der Waals surface area contributed by atoms with Gasteiger partial charge in [-0.3, -0.25) is 9.59 Å². The Kier molecular flexibility index (Phi) is 11.4. The molecule has 0 saturated carbocycles. The lowest BCUT2D eigenvalue weighted by atomic mass is 9.94. The van der Waals surface area contributed by atoms with Crippen LogP contribution in [0.3, 0.4) is 0 Å². The molecule has 2 atom stereocenters. The summed E-state index contributed by atoms with van der Waals surface area (Å²) in [6.45, 7) is 5.66. The molecule has 2 N–H and O–H groups in total. The molecule has 102 valence electrons. The molecule has 0 aromatic heterocycles. The minimum Gasteiger partial charge on any atom is -0.481 e. The van der Waals surface area contributed by atoms with Crippen molar-refractivity contribution in [3.8, 4) is 0 Å². The number of unbranched alkanes of at least 4 members (excludes halogenated alkanes) is 1. The summed E-state index contributed by atoms with van der Waals surface area (Å²) in [6, 6.07) is -0.234. The van der Waals surface area contributed by atoms with Gasteiger partial charge in [-0.2, -0.15) is 0 Å². The highest BCUT2D eigenvalue weighted by atomic mass is 35.5. The molecule has 0 rings (SSSR count). The highest BCUT2D eigenvalue weighted by molar-refractivity contribution is 5.85. The van der Waals surface area contributed by atoms with E-state index >= 15 is 0 Å². The fourth-order valence-corrected chi connectivity index (χ4v) is 1.85. The zero-order valence-electron chi connectivity index (χ0n) is 10.9. The predicted molar refractivity (Wildman–Crippen MR) is 70.4 cm³/mol. The molecule has 0 heterocycles. The molecule has 0 spiro atoms. The predicted octanol–water partition coefficient (Wildman–Crippen LogP) is 2.60. The maximum absolute atomic E-state index is 10.9. The molecule has 0 radical (unpaired) electrons. The number of aliphatic carboxylic acids is 1. The van der Waals surface area contributed by atoms with Gasteiger partial charge in [0.2, 0.25) is 5.91 Å². The number of amides is 1. The highest BCUT2D eigenvalue weighted by Crippen LogP contribution is 2.15. The third-order valence-electron chi connectivity index (χ3n) is 2.57. The van der Waals surface area contributed by atoms with Crippen LogP contribution in [0.5, 0.6) is 0 Å². The van der Waals surface area contributed by atoms with Crippen LogP contribution in [0.25, 0.3) is 0 Å². The van der Waals surface area contributed by atoms with Crippen molar-refractivity contribution in [2.75, 3.05) is 0 Å². The molecule has 0 aromatic rings. The van der Waals surface area contributed by atoms with Crippen LogP contribution in [0.1, 0.15) is 52.9 Å². The smallest absolute Gasteiger partial charge is 0.305 e. The second-order valence-electron chi connectivity index (χ2n) is 4.48. The average molecular weight is 266 g/mol. The fraction of sp³-hybridized carbons (Fsp3) is 0.833. The van der Waals surface area contributed by atoms with Gasteiger partial charge in [0.15, 0.2) is 0 Å². The first-order chi connectivity index (χ1) is 7.45. The number of carbonyl (C=O) groups excluding carboxylic acids is 1. The van der Waals surface area contributed by atoms with Gasteiger partial charge in [-0.1, -0.05) is 33.1 Å². The molecular formula is C12H24ClNO3. The molecule has 0 aromatic carbocycles. The molecule has 0 saturated heterocycles. The van der Waals surface area contributed by atoms with Crippen molar-refractivity contribution in [3.05, 3.63) is 0 Å². The molecule has 0 unspecified atom stereocenters. The van der Waals surface area contributed by atoms with Gasteiger partial charge in [-0.25, -0.2) is 0 Å². The van der Waals surface area contributed by atoms with Crippen LogP contribution in [0.2, 0.25) is 0 Å². The first-order valence-electron chi connectivity index (χ1n) is 5.94. The van der Waals surface area contributed by atoms with Crippen LogP contribution >= 0.6 is 12.4 Å². The molecule has 17 heavy (non-hydrogen) atoms. The summed E-state index contributed by atoms with van der Waals surface area (Å²) in [5.41, 5.74) is 0. The van der Waals surface area contributed by atoms with Gasteiger partial charge in [0.25, 0.3) is 0 Å². The second kappa shape index (κ2) is 10.4. The molecule has 0 aliphatic heterocycles. The lowest BCUT2D eigenvalue weighted by molar-refractivity contribution is -0.137. The summed E-state index contributed by atoms with van der Waals surface area (Å²) < 4.78 is 0. The summed E-state index contributed by atoms with van der Waals surface area (Å²) in [4.78, 5) is 21.6. The number of halogens is 1. The Hall–Kier alpha value is -0.770. The topological polar surface area (TPSA) is 66.4 Å². The maximum Gasteiger partial charge on any atom is 0.305 e. The zero-order chi connectivity index (χ0) is 12.6. The van der Waals surface area contributed by atoms with E-state index in [1.165, 1.54) is 6.92 Å². The van der Waals surface area contributed by atoms with E-state index in [2.05, 4.69) is 19.2 Å². The zero-order valence-corrected chi connectivity index (χ0v) is 11.7. The van der Waals surface area contributed by atoms with Gasteiger partial charge in [-0.05, 0) is 12.3 Å². The highest BCUT2D eigenvalue weighted by Gasteiger charge is 2.17. The first kappa shape index (κ1) is 18.6. The van der Waals surface area contributed by atoms with Gasteiger partial charge in [0.1, 0.15) is 0 Å². The van der Waals surface area contributed by atoms with Crippen LogP contribution in [-0.4, -0.2) is 23.0 Å². The van der Waals surface area contributed by atoms with Crippen molar-refractivity contribution in [2.24, 2.45) is 5.92 Å². The lowest BCUT2D eigenvalue weighted by Crippen LogP contribution is -2.36. The number of rotatable bonds is 8. The molecular weight excluding hydrogens is 242 g/mol. The SMILES string of the molecule is CCCC[C@@H](C)C[C@@H](CC(=O)O)NC(C)=O.Cl. The summed E-state index contributed by atoms with van der Waals surface area (Å²) in [5.74, 6) is -0.563. The largest absolute Gasteiger partial charge is 0.481 e. The van der Waals surface area contributed by atoms with Gasteiger partial charge >= 0.3 is 5.97 Å². The number of carbonyl (C=O) groups is 2. The Balaban J connectivity index is 0. The van der Waals surface area contributed by atoms with Crippen molar-refractivity contribution in [3.63, 3.8) is 0 Å². The minimum atomic E-state index is -0.860. The average Bonchev–Trinajstić information content (AvgIpc) is 2.12. The van der Waals surface area contributed by atoms with Crippen molar-refractivity contribution < 1.29 is 14.7 Å². The Labute approximate surface area is 110 Å². The Bertz CT molecular complexity index is 218. The summed E-state index contributed by atoms with van der Waals surface area (Å²) in [5, 5.41) is 11.4. The van der Waals surface area contributed by atoms with E-state index in [4.69, 9.17) is 5.11 Å². The van der Waals surface area contributed by atoms with Crippen LogP contribution < -0.4 is 5.32 Å². The van der Waals surface area contributed by atoms with Crippen LogP contribution in [0.4, 0.5) is 0 Å². The molecule has 0 aliphatic carbocycles. The Morgan fingerprint density at radius 2 is 1.94 bits per heavy atom. The van der Waals surface area contributed by atoms with Crippen LogP contribution in [0, 0.1) is 5.92 Å². The summed E-state index contributed by atoms with van der Waals surface area (Å²) in [7, 11) is 0. The standard InChI is InChI=1S/C12H23NO3.ClH/c1-4-5-6-9(2)7-11(8-12(15)16)13-10(3)14;/h9,11H,4-8H2,1-3H3,(H,13,14)(H,15,16);1H/t9-,11+;/m1./s1. The third-order valence-corrected chi connectivity index (χ3v) is 2.57. The quantitative estimate of drug-likeness (QED) is 0.709. The lowest BCUT2D eigenvalue weighted by Gasteiger charge is -2.20. The van der Waals surface area contributed by atoms with Crippen molar-refractivity contribution >= 4 is 24.3 Å². The fourth-order valence-electron chi connectivity index (χ4n) is 1.85. The van der Waals surface area contributed by atoms with E-state index in [-0.39, 0.29) is 30.8 Å². The van der Waals surface area contributed by atoms with Crippen LogP contribution in [-0.2, 0) is 9.59 Å². The molecule has 0 bridgehead atoms. The van der Waals surface area contributed by atoms with E-state index in [9.17, 15) is 9.59 Å². The van der Waals surface area contributed by atoms with Gasteiger partial charge < -0.3 is 10.4 Å².